The molecule has 0 bridgehead atoms. The molecule has 3 rings (SSSR count). The Morgan fingerprint density at radius 3 is 2.80 bits per heavy atom. The molecule has 9 heteroatoms. The number of nitrogens with zero attached hydrogens (tertiary/aromatic N) is 2. The van der Waals surface area contributed by atoms with E-state index < -0.39 is 24.3 Å². The topological polar surface area (TPSA) is 107 Å². The Morgan fingerprint density at radius 1 is 1.27 bits per heavy atom. The maximum Gasteiger partial charge on any atom is 0.319 e. The highest BCUT2D eigenvalue weighted by Gasteiger charge is 2.45. The van der Waals surface area contributed by atoms with Crippen LogP contribution in [0.1, 0.15) is 5.69 Å². The number of aliphatic hydroxyl groups is 2. The normalized spacial score (nSPS) is 23.5. The average molecular weight is 435 g/mol. The largest absolute Gasteiger partial charge is 0.394 e. The number of benzene rings is 1. The van der Waals surface area contributed by atoms with Crippen LogP contribution in [0.15, 0.2) is 48.7 Å². The second kappa shape index (κ2) is 10.7. The number of likely N-dealkylation sites (N-methyl/N-ethyl adjacent to an activating group) is 1. The van der Waals surface area contributed by atoms with Gasteiger partial charge in [0.05, 0.1) is 18.8 Å². The lowest BCUT2D eigenvalue weighted by Gasteiger charge is -2.30. The van der Waals surface area contributed by atoms with Crippen molar-refractivity contribution < 1.29 is 19.7 Å². The number of nitrogens with one attached hydrogen (secondary N) is 2. The van der Waals surface area contributed by atoms with Gasteiger partial charge in [-0.2, -0.15) is 0 Å². The fraction of sp³-hybridized carbons (Fsp3) is 0.429. The Kier molecular flexibility index (Phi) is 8.01. The molecule has 162 valence electrons. The van der Waals surface area contributed by atoms with Crippen LogP contribution in [-0.2, 0) is 11.2 Å². The van der Waals surface area contributed by atoms with Gasteiger partial charge in [0, 0.05) is 42.1 Å². The first-order valence-corrected chi connectivity index (χ1v) is 10.2. The van der Waals surface area contributed by atoms with Crippen molar-refractivity contribution in [1.82, 2.24) is 15.2 Å². The van der Waals surface area contributed by atoms with E-state index in [0.29, 0.717) is 23.7 Å². The molecule has 4 unspecified atom stereocenters. The first-order valence-electron chi connectivity index (χ1n) is 9.83. The molecular weight excluding hydrogens is 408 g/mol. The summed E-state index contributed by atoms with van der Waals surface area (Å²) < 4.78 is 5.81. The number of ether oxygens (including phenoxy) is 1. The lowest BCUT2D eigenvalue weighted by molar-refractivity contribution is -0.0205. The minimum absolute atomic E-state index is 0.179. The van der Waals surface area contributed by atoms with Gasteiger partial charge in [-0.15, -0.1) is 0 Å². The van der Waals surface area contributed by atoms with E-state index >= 15 is 0 Å². The fourth-order valence-corrected chi connectivity index (χ4v) is 3.80. The molecule has 1 aromatic carbocycles. The number of anilines is 1. The highest BCUT2D eigenvalue weighted by atomic mass is 35.5. The van der Waals surface area contributed by atoms with Gasteiger partial charge in [-0.05, 0) is 37.4 Å². The highest BCUT2D eigenvalue weighted by Crippen LogP contribution is 2.25. The van der Waals surface area contributed by atoms with E-state index in [1.807, 2.05) is 30.1 Å². The van der Waals surface area contributed by atoms with Crippen molar-refractivity contribution in [2.75, 3.05) is 32.1 Å². The van der Waals surface area contributed by atoms with E-state index in [9.17, 15) is 15.0 Å². The van der Waals surface area contributed by atoms with E-state index in [4.69, 9.17) is 16.3 Å². The summed E-state index contributed by atoms with van der Waals surface area (Å²) >= 11 is 5.93. The maximum absolute atomic E-state index is 12.2. The number of aliphatic hydroxyl groups excluding tert-OH is 2. The smallest absolute Gasteiger partial charge is 0.319 e. The lowest BCUT2D eigenvalue weighted by atomic mass is 10.0. The molecule has 1 aromatic heterocycles. The molecule has 1 fully saturated rings. The summed E-state index contributed by atoms with van der Waals surface area (Å²) in [5.74, 6) is 0. The number of carbonyl (C=O) groups is 1. The predicted molar refractivity (Wildman–Crippen MR) is 115 cm³/mol. The molecular formula is C21H27ClN4O4. The molecule has 4 atom stereocenters. The van der Waals surface area contributed by atoms with Gasteiger partial charge in [-0.3, -0.25) is 9.88 Å². The number of amides is 2. The van der Waals surface area contributed by atoms with Crippen molar-refractivity contribution in [2.45, 2.75) is 30.8 Å². The Hall–Kier alpha value is -2.23. The summed E-state index contributed by atoms with van der Waals surface area (Å²) in [6.07, 6.45) is 0.410. The molecule has 2 amide bonds. The van der Waals surface area contributed by atoms with Crippen LogP contribution in [-0.4, -0.2) is 77.2 Å². The SMILES string of the molecule is CN(CCc1ccccn1)C1C(CNC(=O)Nc2cccc(Cl)c2)OC(CO)C1O. The van der Waals surface area contributed by atoms with Gasteiger partial charge in [0.25, 0.3) is 0 Å². The number of carbonyl (C=O) groups excluding carboxylic acids is 1. The van der Waals surface area contributed by atoms with Gasteiger partial charge in [0.2, 0.25) is 0 Å². The monoisotopic (exact) mass is 434 g/mol. The van der Waals surface area contributed by atoms with Crippen LogP contribution in [0, 0.1) is 0 Å². The number of hydrogen-bond donors (Lipinski definition) is 4. The summed E-state index contributed by atoms with van der Waals surface area (Å²) in [6.45, 7) is 0.529. The predicted octanol–water partition coefficient (Wildman–Crippen LogP) is 1.52. The van der Waals surface area contributed by atoms with Gasteiger partial charge < -0.3 is 25.6 Å². The molecule has 0 radical (unpaired) electrons. The van der Waals surface area contributed by atoms with Crippen LogP contribution in [0.4, 0.5) is 10.5 Å². The Labute approximate surface area is 180 Å². The number of rotatable bonds is 8. The van der Waals surface area contributed by atoms with Crippen molar-refractivity contribution in [3.8, 4) is 0 Å². The van der Waals surface area contributed by atoms with Crippen LogP contribution >= 0.6 is 11.6 Å². The third kappa shape index (κ3) is 5.90. The molecule has 1 aliphatic rings. The van der Waals surface area contributed by atoms with E-state index in [1.54, 1.807) is 30.5 Å². The highest BCUT2D eigenvalue weighted by molar-refractivity contribution is 6.30. The van der Waals surface area contributed by atoms with Crippen molar-refractivity contribution in [2.24, 2.45) is 0 Å². The standard InChI is InChI=1S/C21H27ClN4O4/c1-26(10-8-15-6-2-3-9-23-15)19-17(30-18(13-27)20(19)28)12-24-21(29)25-16-7-4-5-14(22)11-16/h2-7,9,11,17-20,27-28H,8,10,12-13H2,1H3,(H2,24,25,29). The summed E-state index contributed by atoms with van der Waals surface area (Å²) in [5.41, 5.74) is 1.52. The molecule has 0 spiro atoms. The van der Waals surface area contributed by atoms with E-state index in [0.717, 1.165) is 5.69 Å². The van der Waals surface area contributed by atoms with E-state index in [2.05, 4.69) is 15.6 Å². The molecule has 8 nitrogen and oxygen atoms in total. The Morgan fingerprint density at radius 2 is 2.10 bits per heavy atom. The minimum atomic E-state index is -0.869. The van der Waals surface area contributed by atoms with Gasteiger partial charge in [0.1, 0.15) is 12.2 Å². The first kappa shape index (κ1) is 22.5. The summed E-state index contributed by atoms with van der Waals surface area (Å²) in [6, 6.07) is 11.8. The summed E-state index contributed by atoms with van der Waals surface area (Å²) in [7, 11) is 1.89. The molecule has 2 heterocycles. The molecule has 0 aliphatic carbocycles. The molecule has 1 saturated heterocycles. The Bertz CT molecular complexity index is 826. The van der Waals surface area contributed by atoms with Crippen molar-refractivity contribution >= 4 is 23.3 Å². The lowest BCUT2D eigenvalue weighted by Crippen LogP contribution is -2.50. The van der Waals surface area contributed by atoms with Crippen LogP contribution in [0.25, 0.3) is 0 Å². The van der Waals surface area contributed by atoms with Crippen LogP contribution in [0.2, 0.25) is 5.02 Å². The van der Waals surface area contributed by atoms with Gasteiger partial charge in [-0.1, -0.05) is 23.7 Å². The zero-order valence-corrected chi connectivity index (χ0v) is 17.5. The number of urea groups is 1. The third-order valence-electron chi connectivity index (χ3n) is 5.14. The number of aromatic nitrogens is 1. The van der Waals surface area contributed by atoms with Crippen molar-refractivity contribution in [3.05, 3.63) is 59.4 Å². The fourth-order valence-electron chi connectivity index (χ4n) is 3.61. The summed E-state index contributed by atoms with van der Waals surface area (Å²) in [4.78, 5) is 18.5. The average Bonchev–Trinajstić information content (AvgIpc) is 3.06. The van der Waals surface area contributed by atoms with E-state index in [1.165, 1.54) is 0 Å². The van der Waals surface area contributed by atoms with Crippen LogP contribution in [0.3, 0.4) is 0 Å². The number of pyridine rings is 1. The second-order valence-electron chi connectivity index (χ2n) is 7.27. The molecule has 0 saturated carbocycles. The zero-order valence-electron chi connectivity index (χ0n) is 16.7. The van der Waals surface area contributed by atoms with Gasteiger partial charge >= 0.3 is 6.03 Å². The quantitative estimate of drug-likeness (QED) is 0.502. The van der Waals surface area contributed by atoms with Crippen LogP contribution < -0.4 is 10.6 Å². The number of hydrogen-bond acceptors (Lipinski definition) is 6. The number of halogens is 1. The summed E-state index contributed by atoms with van der Waals surface area (Å²) in [5, 5.41) is 26.2. The first-order chi connectivity index (χ1) is 14.5. The maximum atomic E-state index is 12.2. The minimum Gasteiger partial charge on any atom is -0.394 e. The molecule has 1 aliphatic heterocycles. The second-order valence-corrected chi connectivity index (χ2v) is 7.71. The van der Waals surface area contributed by atoms with E-state index in [-0.39, 0.29) is 19.2 Å². The van der Waals surface area contributed by atoms with Crippen molar-refractivity contribution in [1.29, 1.82) is 0 Å². The van der Waals surface area contributed by atoms with Gasteiger partial charge in [-0.25, -0.2) is 4.79 Å². The zero-order chi connectivity index (χ0) is 21.5. The molecule has 2 aromatic rings. The van der Waals surface area contributed by atoms with Gasteiger partial charge in [0.15, 0.2) is 0 Å². The molecule has 4 N–H and O–H groups in total. The Balaban J connectivity index is 1.57. The third-order valence-corrected chi connectivity index (χ3v) is 5.38. The molecule has 30 heavy (non-hydrogen) atoms. The van der Waals surface area contributed by atoms with Crippen molar-refractivity contribution in [3.63, 3.8) is 0 Å². The van der Waals surface area contributed by atoms with Crippen LogP contribution in [0.5, 0.6) is 0 Å².